The molecule has 10 nitrogen and oxygen atoms in total. The average molecular weight is 677 g/mol. The van der Waals surface area contributed by atoms with E-state index in [0.717, 1.165) is 38.5 Å². The Labute approximate surface area is 266 Å². The highest BCUT2D eigenvalue weighted by Gasteiger charge is 2.49. The molecule has 4 unspecified atom stereocenters. The van der Waals surface area contributed by atoms with Gasteiger partial charge in [-0.1, -0.05) is 99.3 Å². The van der Waals surface area contributed by atoms with Crippen molar-refractivity contribution in [1.82, 2.24) is 0 Å². The number of hydrogen-bond donors (Lipinski definition) is 5. The maximum Gasteiger partial charge on any atom is 0.347 e. The van der Waals surface area contributed by atoms with Crippen molar-refractivity contribution in [3.05, 3.63) is 0 Å². The van der Waals surface area contributed by atoms with E-state index < -0.39 is 46.2 Å². The molecule has 0 spiro atoms. The fourth-order valence-electron chi connectivity index (χ4n) is 4.16. The van der Waals surface area contributed by atoms with Crippen LogP contribution in [-0.4, -0.2) is 61.7 Å². The lowest BCUT2D eigenvalue weighted by atomic mass is 10.0. The summed E-state index contributed by atoms with van der Waals surface area (Å²) in [4.78, 5) is 47.5. The molecule has 0 amide bonds. The lowest BCUT2D eigenvalue weighted by Crippen LogP contribution is -2.49. The first-order valence-corrected chi connectivity index (χ1v) is 20.2. The largest absolute Gasteiger partial charge is 0.479 e. The number of ether oxygens (including phenoxy) is 3. The maximum absolute atomic E-state index is 12.3. The Morgan fingerprint density at radius 2 is 0.881 bits per heavy atom. The Morgan fingerprint density at radius 1 is 0.643 bits per heavy atom. The zero-order valence-electron chi connectivity index (χ0n) is 25.9. The first kappa shape index (κ1) is 41.6. The third kappa shape index (κ3) is 20.5. The van der Waals surface area contributed by atoms with Crippen LogP contribution in [0.5, 0.6) is 0 Å². The summed E-state index contributed by atoms with van der Waals surface area (Å²) < 4.78 is 13.9. The third-order valence-corrected chi connectivity index (χ3v) is 9.95. The molecule has 0 aromatic heterocycles. The van der Waals surface area contributed by atoms with E-state index in [2.05, 4.69) is 53.8 Å². The van der Waals surface area contributed by atoms with Crippen LogP contribution in [0.1, 0.15) is 119 Å². The zero-order valence-corrected chi connectivity index (χ0v) is 29.3. The summed E-state index contributed by atoms with van der Waals surface area (Å²) in [7, 11) is 0. The van der Waals surface area contributed by atoms with E-state index in [0.29, 0.717) is 48.4 Å². The summed E-state index contributed by atoms with van der Waals surface area (Å²) in [6.45, 7) is 12.3. The predicted octanol–water partition coefficient (Wildman–Crippen LogP) is 7.54. The van der Waals surface area contributed by atoms with Gasteiger partial charge in [-0.3, -0.25) is 0 Å². The van der Waals surface area contributed by atoms with Crippen molar-refractivity contribution in [2.75, 3.05) is 0 Å². The van der Waals surface area contributed by atoms with Gasteiger partial charge in [0.05, 0.1) is 0 Å². The Bertz CT molecular complexity index is 761. The second-order valence-electron chi connectivity index (χ2n) is 12.0. The van der Waals surface area contributed by atoms with Crippen molar-refractivity contribution < 1.29 is 48.8 Å². The van der Waals surface area contributed by atoms with Gasteiger partial charge in [0.15, 0.2) is 23.0 Å². The van der Waals surface area contributed by atoms with Gasteiger partial charge in [0.2, 0.25) is 0 Å². The fraction of sp³-hybridized carbons (Fsp3) is 0.893. The Kier molecular flexibility index (Phi) is 21.2. The second-order valence-corrected chi connectivity index (χ2v) is 21.4. The highest BCUT2D eigenvalue weighted by Crippen LogP contribution is 2.65. The minimum Gasteiger partial charge on any atom is -0.479 e. The summed E-state index contributed by atoms with van der Waals surface area (Å²) in [5.41, 5.74) is 0. The van der Waals surface area contributed by atoms with E-state index in [4.69, 9.17) is 26.0 Å². The summed E-state index contributed by atoms with van der Waals surface area (Å²) >= 11 is 9.47. The molecule has 0 aliphatic carbocycles. The van der Waals surface area contributed by atoms with Gasteiger partial charge in [0.25, 0.3) is 0 Å². The van der Waals surface area contributed by atoms with Gasteiger partial charge in [-0.15, -0.1) is 12.2 Å². The monoisotopic (exact) mass is 676 g/mol. The minimum absolute atomic E-state index is 0.0240. The molecule has 0 aliphatic heterocycles. The molecule has 0 aliphatic rings. The van der Waals surface area contributed by atoms with Gasteiger partial charge in [0.1, 0.15) is 0 Å². The molecule has 0 radical (unpaired) electrons. The van der Waals surface area contributed by atoms with Crippen molar-refractivity contribution in [2.24, 2.45) is 17.8 Å². The molecule has 0 saturated heterocycles. The minimum atomic E-state index is -3.69. The van der Waals surface area contributed by atoms with Crippen molar-refractivity contribution in [3.8, 4) is 0 Å². The number of thiol groups is 1. The van der Waals surface area contributed by atoms with Crippen LogP contribution in [0.3, 0.4) is 0 Å². The fourth-order valence-corrected chi connectivity index (χ4v) is 7.91. The number of rotatable bonds is 26. The molecular formula is C28H53O10PS3. The van der Waals surface area contributed by atoms with E-state index >= 15 is 0 Å². The van der Waals surface area contributed by atoms with Gasteiger partial charge in [0, 0.05) is 11.4 Å². The van der Waals surface area contributed by atoms with Crippen LogP contribution in [0.15, 0.2) is 0 Å². The highest BCUT2D eigenvalue weighted by atomic mass is 33.2. The van der Waals surface area contributed by atoms with E-state index in [1.807, 2.05) is 0 Å². The quantitative estimate of drug-likeness (QED) is 0.0266. The summed E-state index contributed by atoms with van der Waals surface area (Å²) in [6, 6.07) is 0. The highest BCUT2D eigenvalue weighted by molar-refractivity contribution is 8.95. The number of carboxylic acids is 3. The molecule has 0 aromatic rings. The van der Waals surface area contributed by atoms with Gasteiger partial charge in [-0.2, -0.15) is 0 Å². The molecular weight excluding hydrogens is 623 g/mol. The summed E-state index contributed by atoms with van der Waals surface area (Å²) in [6.07, 6.45) is 1.59. The molecule has 0 bridgehead atoms. The lowest BCUT2D eigenvalue weighted by molar-refractivity contribution is -0.353. The van der Waals surface area contributed by atoms with E-state index in [-0.39, 0.29) is 19.3 Å². The standard InChI is InChI=1S/C28H53O10PS3/c1-19(2)13-7-10-16-22(25(29)30)36-28(42-39(35,40)41,37-23(26(31)32)17-11-8-14-20(3)4)38-24(27(33)34)18-12-9-15-21(5)6/h19-24H,7-18H2,1-6H3,(H,29,30)(H,31,32)(H,33,34)(H2,35,40,41). The second kappa shape index (κ2) is 21.4. The van der Waals surface area contributed by atoms with Crippen LogP contribution in [0.4, 0.5) is 0 Å². The van der Waals surface area contributed by atoms with Crippen molar-refractivity contribution in [3.63, 3.8) is 0 Å². The molecule has 42 heavy (non-hydrogen) atoms. The molecule has 4 N–H and O–H groups in total. The van der Waals surface area contributed by atoms with E-state index in [1.165, 1.54) is 0 Å². The topological polar surface area (TPSA) is 160 Å². The third-order valence-electron chi connectivity index (χ3n) is 6.41. The lowest BCUT2D eigenvalue weighted by Gasteiger charge is -2.38. The van der Waals surface area contributed by atoms with Gasteiger partial charge < -0.3 is 34.4 Å². The normalized spacial score (nSPS) is 17.1. The molecule has 0 heterocycles. The predicted molar refractivity (Wildman–Crippen MR) is 173 cm³/mol. The van der Waals surface area contributed by atoms with Crippen LogP contribution < -0.4 is 0 Å². The van der Waals surface area contributed by atoms with Crippen molar-refractivity contribution >= 4 is 58.0 Å². The van der Waals surface area contributed by atoms with Crippen LogP contribution in [-0.2, 0) is 40.4 Å². The summed E-state index contributed by atoms with van der Waals surface area (Å²) in [5.74, 6) is -2.85. The number of carboxylic acid groups (broad SMARTS) is 3. The number of aliphatic carboxylic acids is 3. The van der Waals surface area contributed by atoms with Crippen LogP contribution in [0, 0.1) is 17.8 Å². The van der Waals surface area contributed by atoms with Gasteiger partial charge in [-0.25, -0.2) is 14.4 Å². The molecule has 14 heteroatoms. The van der Waals surface area contributed by atoms with Crippen LogP contribution in [0.2, 0.25) is 0 Å². The Morgan fingerprint density at radius 3 is 1.07 bits per heavy atom. The molecule has 248 valence electrons. The van der Waals surface area contributed by atoms with Gasteiger partial charge >= 0.3 is 23.2 Å². The van der Waals surface area contributed by atoms with E-state index in [1.54, 1.807) is 0 Å². The smallest absolute Gasteiger partial charge is 0.347 e. The molecule has 0 saturated carbocycles. The molecule has 0 aromatic carbocycles. The molecule has 4 atom stereocenters. The zero-order chi connectivity index (χ0) is 32.5. The van der Waals surface area contributed by atoms with E-state index in [9.17, 15) is 34.6 Å². The maximum atomic E-state index is 12.3. The van der Waals surface area contributed by atoms with Crippen LogP contribution >= 0.6 is 28.3 Å². The number of hydrogen-bond acceptors (Lipinski definition) is 8. The first-order chi connectivity index (χ1) is 19.4. The Hall–Kier alpha value is -0.400. The summed E-state index contributed by atoms with van der Waals surface area (Å²) in [5, 5.41) is 27.4. The number of unbranched alkanes of at least 4 members (excludes halogenated alkanes) is 3. The van der Waals surface area contributed by atoms with Crippen LogP contribution in [0.25, 0.3) is 0 Å². The SMILES string of the molecule is CC(C)CCCCC(OC(OC(CCCCC(C)C)C(=O)O)(OC(CCCCC(C)C)C(=O)O)SP(O)(=S)S)C(=O)O. The molecule has 0 fully saturated rings. The molecule has 0 rings (SSSR count). The van der Waals surface area contributed by atoms with Crippen molar-refractivity contribution in [1.29, 1.82) is 0 Å². The van der Waals surface area contributed by atoms with Gasteiger partial charge in [-0.05, 0) is 48.8 Å². The first-order valence-electron chi connectivity index (χ1n) is 14.9. The Balaban J connectivity index is 6.43. The van der Waals surface area contributed by atoms with Crippen molar-refractivity contribution in [2.45, 2.75) is 142 Å². The number of carbonyl (C=O) groups is 3. The average Bonchev–Trinajstić information content (AvgIpc) is 2.83.